The summed E-state index contributed by atoms with van der Waals surface area (Å²) in [4.78, 5) is 6.98. The number of guanidine groups is 1. The molecule has 1 aromatic rings. The van der Waals surface area contributed by atoms with Gasteiger partial charge in [-0.1, -0.05) is 26.0 Å². The lowest BCUT2D eigenvalue weighted by molar-refractivity contribution is 0.370. The summed E-state index contributed by atoms with van der Waals surface area (Å²) in [5.74, 6) is 0.895. The lowest BCUT2D eigenvalue weighted by Gasteiger charge is -2.24. The van der Waals surface area contributed by atoms with Crippen LogP contribution in [0.1, 0.15) is 39.7 Å². The molecule has 1 aromatic carbocycles. The highest BCUT2D eigenvalue weighted by molar-refractivity contribution is 7.89. The van der Waals surface area contributed by atoms with Crippen molar-refractivity contribution in [3.8, 4) is 0 Å². The van der Waals surface area contributed by atoms with Crippen molar-refractivity contribution in [2.24, 2.45) is 10.4 Å². The third-order valence-electron chi connectivity index (χ3n) is 4.97. The average molecular weight is 381 g/mol. The third kappa shape index (κ3) is 4.76. The van der Waals surface area contributed by atoms with Gasteiger partial charge in [0.1, 0.15) is 0 Å². The van der Waals surface area contributed by atoms with Gasteiger partial charge in [-0.25, -0.2) is 8.42 Å². The minimum atomic E-state index is -3.44. The first-order valence-corrected chi connectivity index (χ1v) is 10.5. The van der Waals surface area contributed by atoms with E-state index < -0.39 is 10.0 Å². The summed E-state index contributed by atoms with van der Waals surface area (Å²) < 4.78 is 26.4. The molecule has 0 aliphatic carbocycles. The van der Waals surface area contributed by atoms with E-state index in [-0.39, 0.29) is 6.04 Å². The van der Waals surface area contributed by atoms with Crippen LogP contribution < -0.4 is 5.32 Å². The van der Waals surface area contributed by atoms with Crippen molar-refractivity contribution in [2.45, 2.75) is 51.6 Å². The normalized spacial score (nSPS) is 18.0. The molecule has 1 heterocycles. The summed E-state index contributed by atoms with van der Waals surface area (Å²) in [6, 6.07) is 6.99. The maximum atomic E-state index is 12.5. The molecule has 26 heavy (non-hydrogen) atoms. The van der Waals surface area contributed by atoms with E-state index in [4.69, 9.17) is 0 Å². The van der Waals surface area contributed by atoms with Crippen molar-refractivity contribution < 1.29 is 8.42 Å². The van der Waals surface area contributed by atoms with Crippen molar-refractivity contribution in [1.29, 1.82) is 0 Å². The van der Waals surface area contributed by atoms with Gasteiger partial charge in [-0.2, -0.15) is 4.31 Å². The Bertz CT molecular complexity index is 739. The molecule has 1 aliphatic rings. The first kappa shape index (κ1) is 20.7. The largest absolute Gasteiger partial charge is 0.352 e. The van der Waals surface area contributed by atoms with Gasteiger partial charge in [0.05, 0.1) is 4.90 Å². The van der Waals surface area contributed by atoms with Gasteiger partial charge in [-0.05, 0) is 43.4 Å². The van der Waals surface area contributed by atoms with E-state index in [1.165, 1.54) is 4.31 Å². The molecule has 1 fully saturated rings. The minimum Gasteiger partial charge on any atom is -0.352 e. The number of aliphatic imine (C=N–C) groups is 1. The fraction of sp³-hybridized carbons (Fsp3) is 0.632. The van der Waals surface area contributed by atoms with Gasteiger partial charge < -0.3 is 10.2 Å². The molecule has 146 valence electrons. The number of nitrogens with zero attached hydrogens (tertiary/aromatic N) is 3. The van der Waals surface area contributed by atoms with Crippen LogP contribution in [0.25, 0.3) is 0 Å². The minimum absolute atomic E-state index is 0.0746. The van der Waals surface area contributed by atoms with E-state index in [1.54, 1.807) is 26.2 Å². The van der Waals surface area contributed by atoms with Gasteiger partial charge in [-0.3, -0.25) is 4.99 Å². The van der Waals surface area contributed by atoms with Crippen LogP contribution in [0.5, 0.6) is 0 Å². The van der Waals surface area contributed by atoms with Crippen molar-refractivity contribution in [3.63, 3.8) is 0 Å². The number of likely N-dealkylation sites (tertiary alicyclic amines) is 1. The van der Waals surface area contributed by atoms with E-state index in [0.717, 1.165) is 31.0 Å². The zero-order chi connectivity index (χ0) is 19.5. The quantitative estimate of drug-likeness (QED) is 0.630. The number of nitrogens with one attached hydrogen (secondary N) is 1. The van der Waals surface area contributed by atoms with E-state index in [0.29, 0.717) is 16.9 Å². The topological polar surface area (TPSA) is 65.0 Å². The molecule has 0 amide bonds. The maximum absolute atomic E-state index is 12.5. The summed E-state index contributed by atoms with van der Waals surface area (Å²) in [6.07, 6.45) is 1.16. The number of sulfonamides is 1. The molecule has 2 rings (SSSR count). The molecule has 0 saturated carbocycles. The molecule has 0 unspecified atom stereocenters. The van der Waals surface area contributed by atoms with Crippen LogP contribution in [0.3, 0.4) is 0 Å². The predicted octanol–water partition coefficient (Wildman–Crippen LogP) is 2.52. The van der Waals surface area contributed by atoms with Crippen LogP contribution in [0, 0.1) is 5.41 Å². The first-order valence-electron chi connectivity index (χ1n) is 9.09. The van der Waals surface area contributed by atoms with Crippen molar-refractivity contribution >= 4 is 16.0 Å². The second-order valence-electron chi connectivity index (χ2n) is 8.00. The highest BCUT2D eigenvalue weighted by atomic mass is 32.2. The summed E-state index contributed by atoms with van der Waals surface area (Å²) >= 11 is 0. The number of hydrogen-bond acceptors (Lipinski definition) is 3. The van der Waals surface area contributed by atoms with E-state index in [2.05, 4.69) is 29.1 Å². The van der Waals surface area contributed by atoms with Crippen LogP contribution in [-0.2, 0) is 16.6 Å². The Morgan fingerprint density at radius 3 is 2.38 bits per heavy atom. The SMILES string of the molecule is CN=C(NCc1ccc(S(=O)(=O)N(C)C(C)C)cc1)N1CCC(C)(C)C1. The highest BCUT2D eigenvalue weighted by Crippen LogP contribution is 2.28. The monoisotopic (exact) mass is 380 g/mol. The lowest BCUT2D eigenvalue weighted by Crippen LogP contribution is -2.40. The van der Waals surface area contributed by atoms with Crippen molar-refractivity contribution in [3.05, 3.63) is 29.8 Å². The standard InChI is InChI=1S/C19H32N4O2S/c1-15(2)22(6)26(24,25)17-9-7-16(8-10-17)13-21-18(20-5)23-12-11-19(3,4)14-23/h7-10,15H,11-14H2,1-6H3,(H,20,21). The molecule has 1 saturated heterocycles. The Balaban J connectivity index is 2.01. The van der Waals surface area contributed by atoms with Crippen LogP contribution >= 0.6 is 0 Å². The van der Waals surface area contributed by atoms with Gasteiger partial charge in [0.25, 0.3) is 0 Å². The summed E-state index contributed by atoms with van der Waals surface area (Å²) in [5, 5.41) is 3.38. The molecule has 0 spiro atoms. The molecule has 6 nitrogen and oxygen atoms in total. The molecule has 0 bridgehead atoms. The lowest BCUT2D eigenvalue weighted by atomic mass is 9.93. The van der Waals surface area contributed by atoms with Crippen LogP contribution in [0.4, 0.5) is 0 Å². The number of hydrogen-bond donors (Lipinski definition) is 1. The molecule has 0 atom stereocenters. The fourth-order valence-corrected chi connectivity index (χ4v) is 4.40. The van der Waals surface area contributed by atoms with Crippen LogP contribution in [0.2, 0.25) is 0 Å². The predicted molar refractivity (Wildman–Crippen MR) is 107 cm³/mol. The van der Waals surface area contributed by atoms with Crippen molar-refractivity contribution in [1.82, 2.24) is 14.5 Å². The summed E-state index contributed by atoms with van der Waals surface area (Å²) in [5.41, 5.74) is 1.34. The third-order valence-corrected chi connectivity index (χ3v) is 7.01. The van der Waals surface area contributed by atoms with E-state index >= 15 is 0 Å². The Morgan fingerprint density at radius 2 is 1.92 bits per heavy atom. The van der Waals surface area contributed by atoms with Gasteiger partial charge in [0.2, 0.25) is 10.0 Å². The van der Waals surface area contributed by atoms with Gasteiger partial charge in [0, 0.05) is 39.8 Å². The molecule has 1 N–H and O–H groups in total. The Kier molecular flexibility index (Phi) is 6.34. The van der Waals surface area contributed by atoms with Gasteiger partial charge in [0.15, 0.2) is 5.96 Å². The molecule has 1 aliphatic heterocycles. The number of benzene rings is 1. The molecular formula is C19H32N4O2S. The second kappa shape index (κ2) is 7.96. The maximum Gasteiger partial charge on any atom is 0.243 e. The van der Waals surface area contributed by atoms with Crippen molar-refractivity contribution in [2.75, 3.05) is 27.2 Å². The zero-order valence-corrected chi connectivity index (χ0v) is 17.6. The van der Waals surface area contributed by atoms with Crippen LogP contribution in [-0.4, -0.2) is 56.8 Å². The smallest absolute Gasteiger partial charge is 0.243 e. The average Bonchev–Trinajstić information content (AvgIpc) is 2.95. The highest BCUT2D eigenvalue weighted by Gasteiger charge is 2.30. The number of rotatable bonds is 5. The van der Waals surface area contributed by atoms with Gasteiger partial charge >= 0.3 is 0 Å². The molecular weight excluding hydrogens is 348 g/mol. The van der Waals surface area contributed by atoms with E-state index in [1.807, 2.05) is 26.0 Å². The molecule has 7 heteroatoms. The fourth-order valence-electron chi connectivity index (χ4n) is 3.03. The summed E-state index contributed by atoms with van der Waals surface area (Å²) in [6.45, 7) is 10.9. The van der Waals surface area contributed by atoms with Crippen LogP contribution in [0.15, 0.2) is 34.2 Å². The first-order chi connectivity index (χ1) is 12.1. The zero-order valence-electron chi connectivity index (χ0n) is 16.8. The Hall–Kier alpha value is -1.60. The van der Waals surface area contributed by atoms with Gasteiger partial charge in [-0.15, -0.1) is 0 Å². The molecule has 0 radical (unpaired) electrons. The Morgan fingerprint density at radius 1 is 1.31 bits per heavy atom. The second-order valence-corrected chi connectivity index (χ2v) is 9.99. The molecule has 0 aromatic heterocycles. The summed E-state index contributed by atoms with van der Waals surface area (Å²) in [7, 11) is -0.0312. The Labute approximate surface area is 158 Å². The van der Waals surface area contributed by atoms with E-state index in [9.17, 15) is 8.42 Å².